The number of ether oxygens (including phenoxy) is 2. The van der Waals surface area contributed by atoms with Gasteiger partial charge in [0.25, 0.3) is 0 Å². The summed E-state index contributed by atoms with van der Waals surface area (Å²) in [5.41, 5.74) is 1.19. The van der Waals surface area contributed by atoms with Crippen molar-refractivity contribution in [2.75, 3.05) is 12.9 Å². The molecule has 0 saturated carbocycles. The maximum Gasteiger partial charge on any atom is 0.358 e. The van der Waals surface area contributed by atoms with E-state index in [2.05, 4.69) is 20.9 Å². The van der Waals surface area contributed by atoms with Crippen molar-refractivity contribution in [2.24, 2.45) is 0 Å². The number of esters is 1. The first-order valence-corrected chi connectivity index (χ1v) is 8.56. The summed E-state index contributed by atoms with van der Waals surface area (Å²) in [7, 11) is 0. The molecule has 0 amide bonds. The average Bonchev–Trinajstić information content (AvgIpc) is 2.46. The second-order valence-corrected chi connectivity index (χ2v) is 6.11. The molecule has 0 aliphatic carbocycles. The molecule has 112 valence electrons. The van der Waals surface area contributed by atoms with Crippen LogP contribution in [-0.4, -0.2) is 29.3 Å². The highest BCUT2D eigenvalue weighted by atomic mass is 79.9. The number of aromatic nitrogens is 1. The van der Waals surface area contributed by atoms with Crippen LogP contribution in [0, 0.1) is 6.92 Å². The zero-order valence-corrected chi connectivity index (χ0v) is 14.5. The van der Waals surface area contributed by atoms with Crippen LogP contribution >= 0.6 is 27.7 Å². The number of para-hydroxylation sites is 1. The van der Waals surface area contributed by atoms with Crippen LogP contribution in [0.4, 0.5) is 0 Å². The Morgan fingerprint density at radius 3 is 2.90 bits per heavy atom. The monoisotopic (exact) mass is 369 g/mol. The SMILES string of the molecule is CCOC(=O)C(Oc1nc2c(C)cccc2cc1Br)SC. The van der Waals surface area contributed by atoms with E-state index in [1.807, 2.05) is 31.2 Å². The summed E-state index contributed by atoms with van der Waals surface area (Å²) >= 11 is 4.71. The molecule has 0 bridgehead atoms. The lowest BCUT2D eigenvalue weighted by Crippen LogP contribution is -2.26. The van der Waals surface area contributed by atoms with Gasteiger partial charge >= 0.3 is 5.97 Å². The third-order valence-electron chi connectivity index (χ3n) is 2.88. The predicted octanol–water partition coefficient (Wildman–Crippen LogP) is 3.94. The molecule has 1 aromatic carbocycles. The van der Waals surface area contributed by atoms with Crippen molar-refractivity contribution < 1.29 is 14.3 Å². The molecule has 1 unspecified atom stereocenters. The third kappa shape index (κ3) is 3.68. The van der Waals surface area contributed by atoms with Crippen LogP contribution in [0.5, 0.6) is 5.88 Å². The number of hydrogen-bond donors (Lipinski definition) is 0. The van der Waals surface area contributed by atoms with Gasteiger partial charge < -0.3 is 9.47 Å². The molecule has 2 rings (SSSR count). The average molecular weight is 370 g/mol. The molecule has 0 N–H and O–H groups in total. The molecular formula is C15H16BrNO3S. The molecule has 0 spiro atoms. The lowest BCUT2D eigenvalue weighted by atomic mass is 10.1. The van der Waals surface area contributed by atoms with Gasteiger partial charge in [-0.25, -0.2) is 9.78 Å². The molecule has 6 heteroatoms. The smallest absolute Gasteiger partial charge is 0.358 e. The van der Waals surface area contributed by atoms with Gasteiger partial charge in [0.05, 0.1) is 16.6 Å². The predicted molar refractivity (Wildman–Crippen MR) is 88.7 cm³/mol. The van der Waals surface area contributed by atoms with Gasteiger partial charge in [-0.1, -0.05) is 18.2 Å². The van der Waals surface area contributed by atoms with Crippen LogP contribution in [-0.2, 0) is 9.53 Å². The van der Waals surface area contributed by atoms with E-state index in [-0.39, 0.29) is 0 Å². The Bertz CT molecular complexity index is 663. The van der Waals surface area contributed by atoms with Gasteiger partial charge in [0, 0.05) is 5.39 Å². The summed E-state index contributed by atoms with van der Waals surface area (Å²) < 4.78 is 11.4. The highest BCUT2D eigenvalue weighted by Gasteiger charge is 2.22. The second-order valence-electron chi connectivity index (χ2n) is 4.36. The maximum atomic E-state index is 11.8. The quantitative estimate of drug-likeness (QED) is 0.590. The van der Waals surface area contributed by atoms with Crippen molar-refractivity contribution in [1.29, 1.82) is 0 Å². The van der Waals surface area contributed by atoms with E-state index in [9.17, 15) is 4.79 Å². The zero-order valence-electron chi connectivity index (χ0n) is 12.1. The van der Waals surface area contributed by atoms with Gasteiger partial charge in [0.2, 0.25) is 11.3 Å². The lowest BCUT2D eigenvalue weighted by Gasteiger charge is -2.16. The fraction of sp³-hybridized carbons (Fsp3) is 0.333. The minimum atomic E-state index is -0.727. The number of rotatable bonds is 5. The van der Waals surface area contributed by atoms with E-state index in [0.717, 1.165) is 16.5 Å². The highest BCUT2D eigenvalue weighted by molar-refractivity contribution is 9.10. The molecule has 0 saturated heterocycles. The highest BCUT2D eigenvalue weighted by Crippen LogP contribution is 2.30. The van der Waals surface area contributed by atoms with Gasteiger partial charge in [-0.3, -0.25) is 0 Å². The van der Waals surface area contributed by atoms with E-state index in [4.69, 9.17) is 9.47 Å². The van der Waals surface area contributed by atoms with Crippen molar-refractivity contribution >= 4 is 44.6 Å². The van der Waals surface area contributed by atoms with Gasteiger partial charge in [-0.2, -0.15) is 0 Å². The molecule has 21 heavy (non-hydrogen) atoms. The molecule has 0 fully saturated rings. The standard InChI is InChI=1S/C15H16BrNO3S/c1-4-19-14(18)15(21-3)20-13-11(16)8-10-7-5-6-9(2)12(10)17-13/h5-8,15H,4H2,1-3H3. The summed E-state index contributed by atoms with van der Waals surface area (Å²) in [5.74, 6) is -0.00668. The fourth-order valence-electron chi connectivity index (χ4n) is 1.89. The van der Waals surface area contributed by atoms with Gasteiger partial charge in [-0.05, 0) is 47.7 Å². The molecule has 4 nitrogen and oxygen atoms in total. The Morgan fingerprint density at radius 2 is 2.24 bits per heavy atom. The summed E-state index contributed by atoms with van der Waals surface area (Å²) in [5, 5.41) is 1.02. The summed E-state index contributed by atoms with van der Waals surface area (Å²) in [6.45, 7) is 4.08. The number of nitrogens with zero attached hydrogens (tertiary/aromatic N) is 1. The van der Waals surface area contributed by atoms with E-state index in [1.54, 1.807) is 13.2 Å². The molecule has 0 aliphatic rings. The molecule has 0 aliphatic heterocycles. The minimum Gasteiger partial charge on any atom is -0.463 e. The summed E-state index contributed by atoms with van der Waals surface area (Å²) in [4.78, 5) is 16.3. The lowest BCUT2D eigenvalue weighted by molar-refractivity contribution is -0.147. The number of fused-ring (bicyclic) bond motifs is 1. The number of carbonyl (C=O) groups is 1. The van der Waals surface area contributed by atoms with Crippen LogP contribution < -0.4 is 4.74 Å². The van der Waals surface area contributed by atoms with Gasteiger partial charge in [0.15, 0.2) is 0 Å². The van der Waals surface area contributed by atoms with E-state index in [0.29, 0.717) is 17.0 Å². The van der Waals surface area contributed by atoms with Crippen LogP contribution in [0.2, 0.25) is 0 Å². The summed E-state index contributed by atoms with van der Waals surface area (Å²) in [6, 6.07) is 7.90. The maximum absolute atomic E-state index is 11.8. The Kier molecular flexibility index (Phi) is 5.47. The van der Waals surface area contributed by atoms with Crippen molar-refractivity contribution in [3.63, 3.8) is 0 Å². The minimum absolute atomic E-state index is 0.324. The first kappa shape index (κ1) is 16.1. The van der Waals surface area contributed by atoms with Crippen LogP contribution in [0.25, 0.3) is 10.9 Å². The molecule has 1 atom stereocenters. The number of pyridine rings is 1. The number of carbonyl (C=O) groups excluding carboxylic acids is 1. The van der Waals surface area contributed by atoms with Crippen LogP contribution in [0.1, 0.15) is 12.5 Å². The number of benzene rings is 1. The number of thioether (sulfide) groups is 1. The largest absolute Gasteiger partial charge is 0.463 e. The second kappa shape index (κ2) is 7.13. The molecular weight excluding hydrogens is 354 g/mol. The first-order chi connectivity index (χ1) is 10.1. The van der Waals surface area contributed by atoms with E-state index >= 15 is 0 Å². The van der Waals surface area contributed by atoms with Crippen molar-refractivity contribution in [1.82, 2.24) is 4.98 Å². The van der Waals surface area contributed by atoms with Crippen molar-refractivity contribution in [2.45, 2.75) is 19.3 Å². The van der Waals surface area contributed by atoms with Crippen LogP contribution in [0.15, 0.2) is 28.7 Å². The molecule has 2 aromatic rings. The molecule has 1 heterocycles. The Labute approximate surface area is 136 Å². The number of aryl methyl sites for hydroxylation is 1. The fourth-order valence-corrected chi connectivity index (χ4v) is 2.77. The molecule has 1 aromatic heterocycles. The number of hydrogen-bond acceptors (Lipinski definition) is 5. The Morgan fingerprint density at radius 1 is 1.48 bits per heavy atom. The van der Waals surface area contributed by atoms with E-state index in [1.165, 1.54) is 11.8 Å². The van der Waals surface area contributed by atoms with Gasteiger partial charge in [0.1, 0.15) is 0 Å². The summed E-state index contributed by atoms with van der Waals surface area (Å²) in [6.07, 6.45) is 1.79. The van der Waals surface area contributed by atoms with Crippen molar-refractivity contribution in [3.05, 3.63) is 34.3 Å². The van der Waals surface area contributed by atoms with E-state index < -0.39 is 11.4 Å². The van der Waals surface area contributed by atoms with Gasteiger partial charge in [-0.15, -0.1) is 11.8 Å². The Balaban J connectivity index is 2.35. The Hall–Kier alpha value is -1.27. The third-order valence-corrected chi connectivity index (χ3v) is 4.17. The van der Waals surface area contributed by atoms with Crippen molar-refractivity contribution in [3.8, 4) is 5.88 Å². The van der Waals surface area contributed by atoms with Crippen LogP contribution in [0.3, 0.4) is 0 Å². The molecule has 0 radical (unpaired) electrons. The zero-order chi connectivity index (χ0) is 15.4. The topological polar surface area (TPSA) is 48.4 Å². The number of halogens is 1. The normalized spacial score (nSPS) is 12.2. The first-order valence-electron chi connectivity index (χ1n) is 6.48.